The third kappa shape index (κ3) is 3.72. The molecule has 1 aliphatic rings. The molecule has 2 N–H and O–H groups in total. The highest BCUT2D eigenvalue weighted by Gasteiger charge is 2.29. The van der Waals surface area contributed by atoms with Crippen LogP contribution in [0.3, 0.4) is 0 Å². The number of rotatable bonds is 6. The summed E-state index contributed by atoms with van der Waals surface area (Å²) in [7, 11) is 1.75. The summed E-state index contributed by atoms with van der Waals surface area (Å²) in [6.45, 7) is 2.16. The van der Waals surface area contributed by atoms with E-state index < -0.39 is 11.9 Å². The van der Waals surface area contributed by atoms with Crippen molar-refractivity contribution in [1.29, 1.82) is 0 Å². The number of hydrogen-bond donors (Lipinski definition) is 2. The molecule has 16 heavy (non-hydrogen) atoms. The lowest BCUT2D eigenvalue weighted by molar-refractivity contribution is -0.141. The third-order valence-electron chi connectivity index (χ3n) is 2.90. The zero-order valence-corrected chi connectivity index (χ0v) is 9.90. The first-order valence-electron chi connectivity index (χ1n) is 5.79. The van der Waals surface area contributed by atoms with Gasteiger partial charge in [0.1, 0.15) is 0 Å². The van der Waals surface area contributed by atoms with Crippen molar-refractivity contribution in [2.45, 2.75) is 38.6 Å². The molecular formula is C11H20N2O3. The molecule has 0 spiro atoms. The average Bonchev–Trinajstić information content (AvgIpc) is 3.05. The Morgan fingerprint density at radius 2 is 2.12 bits per heavy atom. The number of amides is 2. The number of nitrogens with one attached hydrogen (secondary N) is 1. The Morgan fingerprint density at radius 1 is 1.50 bits per heavy atom. The highest BCUT2D eigenvalue weighted by Crippen LogP contribution is 2.25. The van der Waals surface area contributed by atoms with E-state index in [-0.39, 0.29) is 12.6 Å². The maximum absolute atomic E-state index is 11.6. The van der Waals surface area contributed by atoms with E-state index in [9.17, 15) is 9.59 Å². The smallest absolute Gasteiger partial charge is 0.317 e. The molecule has 5 heteroatoms. The molecular weight excluding hydrogens is 208 g/mol. The Labute approximate surface area is 95.8 Å². The van der Waals surface area contributed by atoms with Gasteiger partial charge in [-0.15, -0.1) is 0 Å². The van der Waals surface area contributed by atoms with Crippen LogP contribution in [0, 0.1) is 5.92 Å². The lowest BCUT2D eigenvalue weighted by atomic mass is 10.0. The number of nitrogens with zero attached hydrogens (tertiary/aromatic N) is 1. The van der Waals surface area contributed by atoms with Gasteiger partial charge in [-0.25, -0.2) is 4.79 Å². The zero-order chi connectivity index (χ0) is 12.1. The van der Waals surface area contributed by atoms with Crippen LogP contribution in [0.25, 0.3) is 0 Å². The molecule has 92 valence electrons. The molecule has 1 rings (SSSR count). The first-order chi connectivity index (χ1) is 7.56. The summed E-state index contributed by atoms with van der Waals surface area (Å²) in [6, 6.07) is 0.194. The van der Waals surface area contributed by atoms with Gasteiger partial charge in [-0.05, 0) is 19.3 Å². The Hall–Kier alpha value is -1.26. The lowest BCUT2D eigenvalue weighted by Crippen LogP contribution is -2.41. The van der Waals surface area contributed by atoms with Gasteiger partial charge in [0.05, 0.1) is 5.92 Å². The molecule has 0 saturated heterocycles. The zero-order valence-electron chi connectivity index (χ0n) is 9.90. The van der Waals surface area contributed by atoms with Crippen LogP contribution in [-0.2, 0) is 4.79 Å². The summed E-state index contributed by atoms with van der Waals surface area (Å²) in [4.78, 5) is 24.1. The maximum atomic E-state index is 11.6. The molecule has 1 fully saturated rings. The van der Waals surface area contributed by atoms with Crippen LogP contribution in [0.5, 0.6) is 0 Å². The van der Waals surface area contributed by atoms with Crippen molar-refractivity contribution in [3.8, 4) is 0 Å². The Balaban J connectivity index is 2.30. The Bertz CT molecular complexity index is 264. The first-order valence-corrected chi connectivity index (χ1v) is 5.79. The van der Waals surface area contributed by atoms with Crippen LogP contribution < -0.4 is 5.32 Å². The summed E-state index contributed by atoms with van der Waals surface area (Å²) in [5.74, 6) is -1.31. The summed E-state index contributed by atoms with van der Waals surface area (Å²) >= 11 is 0. The summed E-state index contributed by atoms with van der Waals surface area (Å²) in [5.41, 5.74) is 0. The molecule has 0 aliphatic heterocycles. The fourth-order valence-electron chi connectivity index (χ4n) is 1.62. The van der Waals surface area contributed by atoms with Crippen LogP contribution in [-0.4, -0.2) is 41.6 Å². The molecule has 0 aromatic rings. The second-order valence-electron chi connectivity index (χ2n) is 4.35. The second kappa shape index (κ2) is 5.72. The minimum Gasteiger partial charge on any atom is -0.481 e. The number of carbonyl (C=O) groups is 2. The molecule has 2 amide bonds. The van der Waals surface area contributed by atoms with E-state index in [0.29, 0.717) is 12.5 Å². The Kier molecular flexibility index (Phi) is 4.58. The Morgan fingerprint density at radius 3 is 2.56 bits per heavy atom. The molecule has 0 radical (unpaired) electrons. The number of carboxylic acids is 1. The number of urea groups is 1. The van der Waals surface area contributed by atoms with Crippen molar-refractivity contribution in [2.24, 2.45) is 5.92 Å². The standard InChI is InChI=1S/C11H20N2O3/c1-3-4-8(10(14)15)7-12-11(16)13(2)9-5-6-9/h8-9H,3-7H2,1-2H3,(H,12,16)(H,14,15). The monoisotopic (exact) mass is 228 g/mol. The van der Waals surface area contributed by atoms with E-state index in [1.54, 1.807) is 11.9 Å². The van der Waals surface area contributed by atoms with Crippen molar-refractivity contribution >= 4 is 12.0 Å². The van der Waals surface area contributed by atoms with Crippen LogP contribution in [0.2, 0.25) is 0 Å². The van der Waals surface area contributed by atoms with E-state index >= 15 is 0 Å². The van der Waals surface area contributed by atoms with Gasteiger partial charge in [-0.1, -0.05) is 13.3 Å². The van der Waals surface area contributed by atoms with Gasteiger partial charge in [0.15, 0.2) is 0 Å². The fourth-order valence-corrected chi connectivity index (χ4v) is 1.62. The minimum atomic E-state index is -0.837. The molecule has 1 aliphatic carbocycles. The predicted octanol–water partition coefficient (Wildman–Crippen LogP) is 1.29. The predicted molar refractivity (Wildman–Crippen MR) is 60.2 cm³/mol. The van der Waals surface area contributed by atoms with Gasteiger partial charge in [0.25, 0.3) is 0 Å². The van der Waals surface area contributed by atoms with Crippen LogP contribution >= 0.6 is 0 Å². The summed E-state index contributed by atoms with van der Waals surface area (Å²) in [6.07, 6.45) is 3.52. The number of aliphatic carboxylic acids is 1. The van der Waals surface area contributed by atoms with Crippen molar-refractivity contribution < 1.29 is 14.7 Å². The van der Waals surface area contributed by atoms with E-state index in [4.69, 9.17) is 5.11 Å². The van der Waals surface area contributed by atoms with Gasteiger partial charge in [0, 0.05) is 19.6 Å². The highest BCUT2D eigenvalue weighted by atomic mass is 16.4. The molecule has 0 bridgehead atoms. The van der Waals surface area contributed by atoms with E-state index in [2.05, 4.69) is 5.32 Å². The van der Waals surface area contributed by atoms with Crippen molar-refractivity contribution in [3.05, 3.63) is 0 Å². The first kappa shape index (κ1) is 12.8. The summed E-state index contributed by atoms with van der Waals surface area (Å²) in [5, 5.41) is 11.6. The third-order valence-corrected chi connectivity index (χ3v) is 2.90. The summed E-state index contributed by atoms with van der Waals surface area (Å²) < 4.78 is 0. The number of hydrogen-bond acceptors (Lipinski definition) is 2. The number of carboxylic acid groups (broad SMARTS) is 1. The maximum Gasteiger partial charge on any atom is 0.317 e. The van der Waals surface area contributed by atoms with Gasteiger partial charge >= 0.3 is 12.0 Å². The number of carbonyl (C=O) groups excluding carboxylic acids is 1. The van der Waals surface area contributed by atoms with Gasteiger partial charge in [-0.2, -0.15) is 0 Å². The highest BCUT2D eigenvalue weighted by molar-refractivity contribution is 5.76. The van der Waals surface area contributed by atoms with Crippen LogP contribution in [0.4, 0.5) is 4.79 Å². The van der Waals surface area contributed by atoms with Gasteiger partial charge < -0.3 is 15.3 Å². The lowest BCUT2D eigenvalue weighted by Gasteiger charge is -2.19. The molecule has 5 nitrogen and oxygen atoms in total. The largest absolute Gasteiger partial charge is 0.481 e. The van der Waals surface area contributed by atoms with Gasteiger partial charge in [-0.3, -0.25) is 4.79 Å². The van der Waals surface area contributed by atoms with Gasteiger partial charge in [0.2, 0.25) is 0 Å². The fraction of sp³-hybridized carbons (Fsp3) is 0.818. The molecule has 0 heterocycles. The molecule has 1 unspecified atom stereocenters. The molecule has 1 saturated carbocycles. The second-order valence-corrected chi connectivity index (χ2v) is 4.35. The SMILES string of the molecule is CCCC(CNC(=O)N(C)C1CC1)C(=O)O. The normalized spacial score (nSPS) is 16.6. The minimum absolute atomic E-state index is 0.162. The van der Waals surface area contributed by atoms with Crippen molar-refractivity contribution in [1.82, 2.24) is 10.2 Å². The van der Waals surface area contributed by atoms with Crippen LogP contribution in [0.1, 0.15) is 32.6 Å². The van der Waals surface area contributed by atoms with Crippen molar-refractivity contribution in [2.75, 3.05) is 13.6 Å². The molecule has 1 atom stereocenters. The quantitative estimate of drug-likeness (QED) is 0.719. The van der Waals surface area contributed by atoms with E-state index in [1.807, 2.05) is 6.92 Å². The average molecular weight is 228 g/mol. The van der Waals surface area contributed by atoms with E-state index in [0.717, 1.165) is 19.3 Å². The van der Waals surface area contributed by atoms with Crippen molar-refractivity contribution in [3.63, 3.8) is 0 Å². The van der Waals surface area contributed by atoms with E-state index in [1.165, 1.54) is 0 Å². The molecule has 0 aromatic carbocycles. The van der Waals surface area contributed by atoms with Crippen LogP contribution in [0.15, 0.2) is 0 Å². The topological polar surface area (TPSA) is 69.6 Å². The molecule has 0 aromatic heterocycles.